The van der Waals surface area contributed by atoms with Crippen LogP contribution in [0.15, 0.2) is 53.7 Å². The molecular weight excluding hydrogens is 406 g/mol. The predicted octanol–water partition coefficient (Wildman–Crippen LogP) is 4.00. The highest BCUT2D eigenvalue weighted by Crippen LogP contribution is 2.31. The number of nitrogens with one attached hydrogen (secondary N) is 1. The van der Waals surface area contributed by atoms with Crippen LogP contribution in [0.2, 0.25) is 0 Å². The number of nitro groups is 1. The normalized spacial score (nSPS) is 10.6. The van der Waals surface area contributed by atoms with Crippen LogP contribution >= 0.6 is 11.8 Å². The van der Waals surface area contributed by atoms with E-state index in [1.54, 1.807) is 0 Å². The van der Waals surface area contributed by atoms with Crippen LogP contribution in [0.1, 0.15) is 13.8 Å². The second kappa shape index (κ2) is 9.88. The molecule has 10 heteroatoms. The number of amides is 1. The Morgan fingerprint density at radius 2 is 1.90 bits per heavy atom. The highest BCUT2D eigenvalue weighted by atomic mass is 32.2. The van der Waals surface area contributed by atoms with Gasteiger partial charge in [0.05, 0.1) is 22.8 Å². The molecule has 0 aliphatic rings. The fraction of sp³-hybridized carbons (Fsp3) is 0.250. The van der Waals surface area contributed by atoms with Crippen molar-refractivity contribution in [3.63, 3.8) is 0 Å². The van der Waals surface area contributed by atoms with Gasteiger partial charge in [-0.15, -0.1) is 10.2 Å². The highest BCUT2D eigenvalue weighted by molar-refractivity contribution is 7.99. The van der Waals surface area contributed by atoms with Crippen LogP contribution in [0.5, 0.6) is 5.75 Å². The van der Waals surface area contributed by atoms with Crippen molar-refractivity contribution < 1.29 is 14.5 Å². The zero-order chi connectivity index (χ0) is 21.5. The molecule has 1 amide bonds. The maximum Gasteiger partial charge on any atom is 0.269 e. The van der Waals surface area contributed by atoms with Gasteiger partial charge >= 0.3 is 0 Å². The van der Waals surface area contributed by atoms with Crippen LogP contribution in [0.4, 0.5) is 11.4 Å². The SMILES string of the molecule is CCOc1ccccc1-c1nnc(SCC(=O)Nc2ccc([N+](=O)[O-])cc2)n1CC. The molecule has 0 radical (unpaired) electrons. The summed E-state index contributed by atoms with van der Waals surface area (Å²) < 4.78 is 7.63. The van der Waals surface area contributed by atoms with Crippen LogP contribution in [-0.2, 0) is 11.3 Å². The van der Waals surface area contributed by atoms with Crippen LogP contribution in [-0.4, -0.2) is 38.0 Å². The average molecular weight is 427 g/mol. The summed E-state index contributed by atoms with van der Waals surface area (Å²) in [6.45, 7) is 5.08. The summed E-state index contributed by atoms with van der Waals surface area (Å²) in [7, 11) is 0. The van der Waals surface area contributed by atoms with Gasteiger partial charge in [-0.25, -0.2) is 0 Å². The quantitative estimate of drug-likeness (QED) is 0.312. The number of hydrogen-bond donors (Lipinski definition) is 1. The number of para-hydroxylation sites is 1. The summed E-state index contributed by atoms with van der Waals surface area (Å²) in [4.78, 5) is 22.5. The number of carbonyl (C=O) groups is 1. The van der Waals surface area contributed by atoms with Gasteiger partial charge in [-0.2, -0.15) is 0 Å². The lowest BCUT2D eigenvalue weighted by atomic mass is 10.2. The molecule has 0 atom stereocenters. The minimum Gasteiger partial charge on any atom is -0.493 e. The van der Waals surface area contributed by atoms with Gasteiger partial charge in [-0.1, -0.05) is 23.9 Å². The van der Waals surface area contributed by atoms with E-state index in [0.717, 1.165) is 11.3 Å². The zero-order valence-corrected chi connectivity index (χ0v) is 17.4. The number of anilines is 1. The number of hydrogen-bond acceptors (Lipinski definition) is 7. The fourth-order valence-electron chi connectivity index (χ4n) is 2.81. The van der Waals surface area contributed by atoms with E-state index >= 15 is 0 Å². The van der Waals surface area contributed by atoms with E-state index < -0.39 is 4.92 Å². The molecule has 3 rings (SSSR count). The molecule has 156 valence electrons. The van der Waals surface area contributed by atoms with Crippen molar-refractivity contribution in [2.45, 2.75) is 25.5 Å². The maximum atomic E-state index is 12.3. The molecule has 0 bridgehead atoms. The summed E-state index contributed by atoms with van der Waals surface area (Å²) in [5.74, 6) is 1.30. The smallest absolute Gasteiger partial charge is 0.269 e. The Morgan fingerprint density at radius 3 is 2.57 bits per heavy atom. The molecule has 0 fully saturated rings. The van der Waals surface area contributed by atoms with Crippen LogP contribution in [0, 0.1) is 10.1 Å². The molecule has 0 saturated carbocycles. The largest absolute Gasteiger partial charge is 0.493 e. The standard InChI is InChI=1S/C20H21N5O4S/c1-3-24-19(16-7-5-6-8-17(16)29-4-2)22-23-20(24)30-13-18(26)21-14-9-11-15(12-10-14)25(27)28/h5-12H,3-4,13H2,1-2H3,(H,21,26). The number of benzene rings is 2. The zero-order valence-electron chi connectivity index (χ0n) is 16.6. The lowest BCUT2D eigenvalue weighted by Gasteiger charge is -2.11. The van der Waals surface area contributed by atoms with E-state index in [1.165, 1.54) is 36.0 Å². The molecule has 1 N–H and O–H groups in total. The third kappa shape index (κ3) is 4.95. The van der Waals surface area contributed by atoms with E-state index in [0.29, 0.717) is 29.8 Å². The molecule has 0 aliphatic heterocycles. The van der Waals surface area contributed by atoms with Crippen molar-refractivity contribution >= 4 is 29.0 Å². The first-order chi connectivity index (χ1) is 14.5. The van der Waals surface area contributed by atoms with Gasteiger partial charge in [0, 0.05) is 24.4 Å². The number of aromatic nitrogens is 3. The summed E-state index contributed by atoms with van der Waals surface area (Å²) in [6, 6.07) is 13.3. The topological polar surface area (TPSA) is 112 Å². The molecule has 9 nitrogen and oxygen atoms in total. The van der Waals surface area contributed by atoms with Crippen LogP contribution in [0.3, 0.4) is 0 Å². The number of rotatable bonds is 9. The minimum atomic E-state index is -0.486. The Bertz CT molecular complexity index is 1040. The van der Waals surface area contributed by atoms with Crippen molar-refractivity contribution in [3.8, 4) is 17.1 Å². The number of nitro benzene ring substituents is 1. The lowest BCUT2D eigenvalue weighted by Crippen LogP contribution is -2.14. The minimum absolute atomic E-state index is 0.0294. The number of thioether (sulfide) groups is 1. The molecule has 0 unspecified atom stereocenters. The number of non-ortho nitro benzene ring substituents is 1. The van der Waals surface area contributed by atoms with Crippen molar-refractivity contribution in [3.05, 3.63) is 58.6 Å². The van der Waals surface area contributed by atoms with Gasteiger partial charge in [-0.3, -0.25) is 14.9 Å². The molecule has 2 aromatic carbocycles. The summed E-state index contributed by atoms with van der Waals surface area (Å²) in [5.41, 5.74) is 1.31. The van der Waals surface area contributed by atoms with Crippen LogP contribution in [0.25, 0.3) is 11.4 Å². The summed E-state index contributed by atoms with van der Waals surface area (Å²) >= 11 is 1.27. The monoisotopic (exact) mass is 427 g/mol. The summed E-state index contributed by atoms with van der Waals surface area (Å²) in [5, 5.41) is 22.6. The van der Waals surface area contributed by atoms with E-state index in [4.69, 9.17) is 4.74 Å². The first-order valence-electron chi connectivity index (χ1n) is 9.36. The molecule has 0 aliphatic carbocycles. The van der Waals surface area contributed by atoms with Gasteiger partial charge in [0.1, 0.15) is 5.75 Å². The lowest BCUT2D eigenvalue weighted by molar-refractivity contribution is -0.384. The van der Waals surface area contributed by atoms with E-state index in [9.17, 15) is 14.9 Å². The Balaban J connectivity index is 1.69. The molecular formula is C20H21N5O4S. The summed E-state index contributed by atoms with van der Waals surface area (Å²) in [6.07, 6.45) is 0. The van der Waals surface area contributed by atoms with Gasteiger partial charge in [0.2, 0.25) is 5.91 Å². The third-order valence-electron chi connectivity index (χ3n) is 4.16. The Morgan fingerprint density at radius 1 is 1.17 bits per heavy atom. The van der Waals surface area contributed by atoms with Crippen molar-refractivity contribution in [1.82, 2.24) is 14.8 Å². The fourth-order valence-corrected chi connectivity index (χ4v) is 3.61. The van der Waals surface area contributed by atoms with Gasteiger partial charge in [-0.05, 0) is 38.1 Å². The molecule has 3 aromatic rings. The first-order valence-corrected chi connectivity index (χ1v) is 10.3. The first kappa shape index (κ1) is 21.3. The molecule has 1 heterocycles. The van der Waals surface area contributed by atoms with Gasteiger partial charge < -0.3 is 14.6 Å². The Hall–Kier alpha value is -3.40. The maximum absolute atomic E-state index is 12.3. The van der Waals surface area contributed by atoms with Crippen molar-refractivity contribution in [2.24, 2.45) is 0 Å². The predicted molar refractivity (Wildman–Crippen MR) is 115 cm³/mol. The van der Waals surface area contributed by atoms with E-state index in [2.05, 4.69) is 15.5 Å². The number of nitrogens with zero attached hydrogens (tertiary/aromatic N) is 4. The Kier molecular flexibility index (Phi) is 7.02. The van der Waals surface area contributed by atoms with Crippen molar-refractivity contribution in [2.75, 3.05) is 17.7 Å². The van der Waals surface area contributed by atoms with E-state index in [-0.39, 0.29) is 17.3 Å². The number of carbonyl (C=O) groups excluding carboxylic acids is 1. The van der Waals surface area contributed by atoms with Crippen LogP contribution < -0.4 is 10.1 Å². The van der Waals surface area contributed by atoms with E-state index in [1.807, 2.05) is 42.7 Å². The number of ether oxygens (including phenoxy) is 1. The third-order valence-corrected chi connectivity index (χ3v) is 5.12. The molecule has 0 saturated heterocycles. The molecule has 0 spiro atoms. The molecule has 30 heavy (non-hydrogen) atoms. The van der Waals surface area contributed by atoms with Crippen molar-refractivity contribution in [1.29, 1.82) is 0 Å². The second-order valence-corrected chi connectivity index (χ2v) is 7.06. The van der Waals surface area contributed by atoms with Gasteiger partial charge in [0.25, 0.3) is 5.69 Å². The molecule has 1 aromatic heterocycles. The van der Waals surface area contributed by atoms with Gasteiger partial charge in [0.15, 0.2) is 11.0 Å². The highest BCUT2D eigenvalue weighted by Gasteiger charge is 2.17. The second-order valence-electron chi connectivity index (χ2n) is 6.12. The Labute approximate surface area is 177 Å². The average Bonchev–Trinajstić information content (AvgIpc) is 3.16.